The molecule has 0 aliphatic heterocycles. The molecule has 0 amide bonds. The van der Waals surface area contributed by atoms with Crippen LogP contribution in [0.1, 0.15) is 34.3 Å². The average Bonchev–Trinajstić information content (AvgIpc) is 2.43. The van der Waals surface area contributed by atoms with E-state index in [4.69, 9.17) is 12.5 Å². The van der Waals surface area contributed by atoms with Crippen LogP contribution in [0.3, 0.4) is 0 Å². The summed E-state index contributed by atoms with van der Waals surface area (Å²) in [5, 5.41) is 8.99. The van der Waals surface area contributed by atoms with Crippen LogP contribution in [0.5, 0.6) is 0 Å². The summed E-state index contributed by atoms with van der Waals surface area (Å²) in [7, 11) is 1.69. The Labute approximate surface area is 133 Å². The number of carbonyl (C=O) groups excluding carboxylic acids is 1. The summed E-state index contributed by atoms with van der Waals surface area (Å²) in [4.78, 5) is 11.1. The second-order valence-corrected chi connectivity index (χ2v) is 10.8. The first-order valence-corrected chi connectivity index (χ1v) is 12.3. The second kappa shape index (κ2) is 9.48. The first-order chi connectivity index (χ1) is 9.58. The van der Waals surface area contributed by atoms with Crippen molar-refractivity contribution in [3.05, 3.63) is 35.4 Å². The van der Waals surface area contributed by atoms with Crippen LogP contribution in [0.25, 0.3) is 0 Å². The number of carbonyl (C=O) groups is 1. The molecule has 4 nitrogen and oxygen atoms in total. The zero-order valence-corrected chi connectivity index (χ0v) is 18.0. The first kappa shape index (κ1) is 17.6. The fraction of sp³-hybridized carbons (Fsp3) is 0.533. The van der Waals surface area contributed by atoms with Gasteiger partial charge in [-0.25, -0.2) is 0 Å². The molecule has 0 aliphatic carbocycles. The van der Waals surface area contributed by atoms with Crippen LogP contribution in [0.4, 0.5) is 0 Å². The Morgan fingerprint density at radius 2 is 2.00 bits per heavy atom. The van der Waals surface area contributed by atoms with Gasteiger partial charge in [0.25, 0.3) is 0 Å². The van der Waals surface area contributed by atoms with Crippen LogP contribution >= 0.6 is 0 Å². The van der Waals surface area contributed by atoms with Crippen molar-refractivity contribution >= 4 is 5.97 Å². The molecule has 0 spiro atoms. The van der Waals surface area contributed by atoms with E-state index >= 15 is 0 Å². The fourth-order valence-corrected chi connectivity index (χ4v) is 8.13. The van der Waals surface area contributed by atoms with Crippen molar-refractivity contribution in [3.8, 4) is 0 Å². The van der Waals surface area contributed by atoms with Crippen molar-refractivity contribution in [1.29, 1.82) is 0 Å². The maximum atomic E-state index is 11.1. The quantitative estimate of drug-likeness (QED) is 0.598. The Balaban J connectivity index is 2.87. The van der Waals surface area contributed by atoms with Gasteiger partial charge in [-0.3, -0.25) is 0 Å². The molecule has 0 saturated carbocycles. The van der Waals surface area contributed by atoms with Crippen molar-refractivity contribution in [3.63, 3.8) is 0 Å². The Bertz CT molecular complexity index is 405. The van der Waals surface area contributed by atoms with Crippen molar-refractivity contribution in [1.82, 2.24) is 0 Å². The van der Waals surface area contributed by atoms with Crippen molar-refractivity contribution in [2.75, 3.05) is 13.7 Å². The molecule has 2 unspecified atom stereocenters. The fourth-order valence-electron chi connectivity index (χ4n) is 2.21. The number of benzene rings is 1. The zero-order chi connectivity index (χ0) is 15.0. The van der Waals surface area contributed by atoms with Crippen molar-refractivity contribution in [2.45, 2.75) is 36.2 Å². The summed E-state index contributed by atoms with van der Waals surface area (Å²) < 4.78 is 11.2. The summed E-state index contributed by atoms with van der Waals surface area (Å²) >= 11 is -1.90. The number of aliphatic hydroxyl groups is 1. The number of hydrogen-bond acceptors (Lipinski definition) is 4. The molecule has 1 aromatic rings. The molecule has 2 atom stereocenters. The van der Waals surface area contributed by atoms with E-state index in [1.165, 1.54) is 18.1 Å². The Morgan fingerprint density at radius 1 is 1.35 bits per heavy atom. The Hall–Kier alpha value is -0.455. The minimum absolute atomic E-state index is 0.0193. The molecule has 1 rings (SSSR count). The van der Waals surface area contributed by atoms with Gasteiger partial charge in [0, 0.05) is 0 Å². The second-order valence-electron chi connectivity index (χ2n) is 4.96. The number of rotatable bonds is 8. The van der Waals surface area contributed by atoms with E-state index in [9.17, 15) is 4.79 Å². The monoisotopic (exact) mass is 468 g/mol. The van der Waals surface area contributed by atoms with Crippen molar-refractivity contribution < 1.29 is 42.3 Å². The summed E-state index contributed by atoms with van der Waals surface area (Å²) in [6.07, 6.45) is 1.51. The van der Waals surface area contributed by atoms with Gasteiger partial charge in [-0.1, -0.05) is 0 Å². The maximum absolute atomic E-state index is 11.1. The van der Waals surface area contributed by atoms with Gasteiger partial charge in [-0.2, -0.15) is 0 Å². The van der Waals surface area contributed by atoms with Crippen LogP contribution in [-0.2, 0) is 37.2 Å². The Morgan fingerprint density at radius 3 is 2.50 bits per heavy atom. The molecule has 1 aromatic carbocycles. The van der Waals surface area contributed by atoms with E-state index < -0.39 is 25.0 Å². The van der Waals surface area contributed by atoms with Crippen LogP contribution in [0.2, 0.25) is 0 Å². The number of methoxy groups -OCH3 is 1. The molecular formula is C15H22HgO4. The van der Waals surface area contributed by atoms with Gasteiger partial charge in [-0.15, -0.1) is 0 Å². The van der Waals surface area contributed by atoms with Gasteiger partial charge in [-0.05, 0) is 0 Å². The predicted octanol–water partition coefficient (Wildman–Crippen LogP) is 2.38. The van der Waals surface area contributed by atoms with Crippen LogP contribution < -0.4 is 0 Å². The molecule has 0 fully saturated rings. The molecule has 0 aliphatic rings. The van der Waals surface area contributed by atoms with Crippen LogP contribution in [-0.4, -0.2) is 30.9 Å². The van der Waals surface area contributed by atoms with E-state index in [1.807, 2.05) is 0 Å². The average molecular weight is 467 g/mol. The number of hydrogen-bond donors (Lipinski definition) is 1. The van der Waals surface area contributed by atoms with E-state index in [0.29, 0.717) is 6.42 Å². The van der Waals surface area contributed by atoms with E-state index in [1.54, 1.807) is 7.11 Å². The SMILES string of the molecule is COC(CCCO)[CH]([Hg][O]C(C)=O)c1ccc(C)cc1. The van der Waals surface area contributed by atoms with Gasteiger partial charge < -0.3 is 0 Å². The normalized spacial score (nSPS) is 13.4. The third-order valence-electron chi connectivity index (χ3n) is 3.37. The predicted molar refractivity (Wildman–Crippen MR) is 72.8 cm³/mol. The molecule has 0 aromatic heterocycles. The summed E-state index contributed by atoms with van der Waals surface area (Å²) in [6.45, 7) is 3.67. The van der Waals surface area contributed by atoms with Gasteiger partial charge in [0.2, 0.25) is 0 Å². The van der Waals surface area contributed by atoms with Gasteiger partial charge in [0.1, 0.15) is 0 Å². The summed E-state index contributed by atoms with van der Waals surface area (Å²) in [5.41, 5.74) is 2.39. The summed E-state index contributed by atoms with van der Waals surface area (Å²) in [5.74, 6) is -0.194. The zero-order valence-electron chi connectivity index (χ0n) is 12.5. The third kappa shape index (κ3) is 5.89. The number of aryl methyl sites for hydroxylation is 1. The van der Waals surface area contributed by atoms with Crippen LogP contribution in [0, 0.1) is 6.92 Å². The van der Waals surface area contributed by atoms with Gasteiger partial charge in [0.05, 0.1) is 0 Å². The van der Waals surface area contributed by atoms with E-state index in [-0.39, 0.29) is 22.1 Å². The summed E-state index contributed by atoms with van der Waals surface area (Å²) in [6, 6.07) is 8.33. The van der Waals surface area contributed by atoms with Crippen LogP contribution in [0.15, 0.2) is 24.3 Å². The standard InChI is InChI=1S/C13H19O2.C2H4O2.Hg/c1-11-5-7-12(8-6-11)10-13(15-2)4-3-9-14;1-2(3)4;/h5-8,10,13-14H,3-4,9H2,1-2H3;1H3,(H,3,4);/q;;+1/p-1. The molecule has 5 heteroatoms. The van der Waals surface area contributed by atoms with E-state index in [2.05, 4.69) is 31.2 Å². The molecule has 108 valence electrons. The number of aliphatic hydroxyl groups excluding tert-OH is 1. The Kier molecular flexibility index (Phi) is 8.34. The third-order valence-corrected chi connectivity index (χ3v) is 10.9. The molecule has 0 radical (unpaired) electrons. The topological polar surface area (TPSA) is 55.8 Å². The number of ether oxygens (including phenoxy) is 1. The first-order valence-electron chi connectivity index (χ1n) is 6.92. The van der Waals surface area contributed by atoms with Gasteiger partial charge >= 0.3 is 134 Å². The molecule has 1 N–H and O–H groups in total. The molecule has 20 heavy (non-hydrogen) atoms. The van der Waals surface area contributed by atoms with E-state index in [0.717, 1.165) is 6.42 Å². The molecule has 0 saturated heterocycles. The molecule has 0 bridgehead atoms. The molecule has 0 heterocycles. The van der Waals surface area contributed by atoms with Crippen molar-refractivity contribution in [2.24, 2.45) is 0 Å². The minimum atomic E-state index is -1.90. The van der Waals surface area contributed by atoms with Gasteiger partial charge in [0.15, 0.2) is 0 Å². The molecular weight excluding hydrogens is 445 g/mol.